The Labute approximate surface area is 103 Å². The van der Waals surface area contributed by atoms with E-state index in [0.29, 0.717) is 17.9 Å². The lowest BCUT2D eigenvalue weighted by atomic mass is 10.0. The summed E-state index contributed by atoms with van der Waals surface area (Å²) < 4.78 is 7.17. The van der Waals surface area contributed by atoms with Crippen molar-refractivity contribution in [3.8, 4) is 0 Å². The van der Waals surface area contributed by atoms with Crippen molar-refractivity contribution in [1.29, 1.82) is 0 Å². The molecule has 1 aliphatic carbocycles. The fourth-order valence-corrected chi connectivity index (χ4v) is 2.96. The molecule has 1 saturated carbocycles. The van der Waals surface area contributed by atoms with E-state index in [1.165, 1.54) is 10.8 Å². The van der Waals surface area contributed by atoms with E-state index in [0.717, 1.165) is 12.8 Å². The average Bonchev–Trinajstić information content (AvgIpc) is 2.87. The van der Waals surface area contributed by atoms with Gasteiger partial charge in [0.2, 0.25) is 0 Å². The Hall–Kier alpha value is -1.40. The van der Waals surface area contributed by atoms with Crippen LogP contribution in [-0.4, -0.2) is 26.9 Å². The van der Waals surface area contributed by atoms with Crippen LogP contribution in [0, 0.1) is 12.8 Å². The highest BCUT2D eigenvalue weighted by Crippen LogP contribution is 2.42. The number of aromatic amines is 1. The number of nitrogens with one attached hydrogen (secondary N) is 1. The Kier molecular flexibility index (Phi) is 2.64. The lowest BCUT2D eigenvalue weighted by molar-refractivity contribution is -0.0555. The summed E-state index contributed by atoms with van der Waals surface area (Å²) in [5.41, 5.74) is -0.338. The molecule has 1 saturated heterocycles. The Bertz CT molecular complexity index is 576. The van der Waals surface area contributed by atoms with Gasteiger partial charge in [0.05, 0.1) is 12.2 Å². The van der Waals surface area contributed by atoms with Gasteiger partial charge in [0.1, 0.15) is 6.23 Å². The van der Waals surface area contributed by atoms with Gasteiger partial charge in [0.25, 0.3) is 5.56 Å². The van der Waals surface area contributed by atoms with Gasteiger partial charge in [-0.05, 0) is 32.1 Å². The van der Waals surface area contributed by atoms with Crippen LogP contribution in [0.25, 0.3) is 0 Å². The van der Waals surface area contributed by atoms with Crippen molar-refractivity contribution >= 4 is 0 Å². The molecular formula is C12H16N2O4. The van der Waals surface area contributed by atoms with E-state index in [4.69, 9.17) is 4.74 Å². The molecule has 18 heavy (non-hydrogen) atoms. The summed E-state index contributed by atoms with van der Waals surface area (Å²) in [6, 6.07) is 0. The fourth-order valence-electron chi connectivity index (χ4n) is 2.96. The maximum atomic E-state index is 11.7. The molecule has 1 aromatic rings. The second kappa shape index (κ2) is 4.07. The molecule has 2 fully saturated rings. The highest BCUT2D eigenvalue weighted by atomic mass is 16.5. The molecule has 6 heteroatoms. The quantitative estimate of drug-likeness (QED) is 0.731. The number of ether oxygens (including phenoxy) is 1. The number of fused-ring (bicyclic) bond motifs is 1. The molecule has 0 radical (unpaired) electrons. The van der Waals surface area contributed by atoms with Crippen LogP contribution in [0.1, 0.15) is 31.1 Å². The van der Waals surface area contributed by atoms with Gasteiger partial charge >= 0.3 is 5.69 Å². The summed E-state index contributed by atoms with van der Waals surface area (Å²) in [5, 5.41) is 9.76. The van der Waals surface area contributed by atoms with Crippen LogP contribution in [0.15, 0.2) is 15.8 Å². The van der Waals surface area contributed by atoms with E-state index in [1.54, 1.807) is 6.92 Å². The zero-order chi connectivity index (χ0) is 12.9. The van der Waals surface area contributed by atoms with Gasteiger partial charge in [-0.3, -0.25) is 14.3 Å². The van der Waals surface area contributed by atoms with Crippen molar-refractivity contribution in [3.63, 3.8) is 0 Å². The van der Waals surface area contributed by atoms with Gasteiger partial charge in [-0.15, -0.1) is 0 Å². The fraction of sp³-hybridized carbons (Fsp3) is 0.667. The monoisotopic (exact) mass is 252 g/mol. The molecule has 2 heterocycles. The Morgan fingerprint density at radius 3 is 2.94 bits per heavy atom. The highest BCUT2D eigenvalue weighted by molar-refractivity contribution is 5.02. The van der Waals surface area contributed by atoms with Crippen molar-refractivity contribution in [2.45, 2.75) is 44.6 Å². The number of hydrogen-bond acceptors (Lipinski definition) is 4. The SMILES string of the molecule is Cc1cn([C@@H]2C[C@H]3CC[C@@H](O)[C@H]3O2)c(=O)[nH]c1=O. The molecular weight excluding hydrogens is 236 g/mol. The minimum atomic E-state index is -0.454. The molecule has 6 nitrogen and oxygen atoms in total. The molecule has 0 aromatic carbocycles. The van der Waals surface area contributed by atoms with Crippen molar-refractivity contribution in [2.75, 3.05) is 0 Å². The first kappa shape index (κ1) is 11.7. The lowest BCUT2D eigenvalue weighted by Crippen LogP contribution is -2.34. The summed E-state index contributed by atoms with van der Waals surface area (Å²) in [4.78, 5) is 25.3. The minimum absolute atomic E-state index is 0.172. The van der Waals surface area contributed by atoms with E-state index < -0.39 is 11.8 Å². The van der Waals surface area contributed by atoms with Crippen molar-refractivity contribution in [2.24, 2.45) is 5.92 Å². The molecule has 2 N–H and O–H groups in total. The maximum absolute atomic E-state index is 11.7. The molecule has 1 aromatic heterocycles. The zero-order valence-electron chi connectivity index (χ0n) is 10.1. The lowest BCUT2D eigenvalue weighted by Gasteiger charge is -2.17. The number of nitrogens with zero attached hydrogens (tertiary/aromatic N) is 1. The summed E-state index contributed by atoms with van der Waals surface area (Å²) in [7, 11) is 0. The Morgan fingerprint density at radius 2 is 2.22 bits per heavy atom. The van der Waals surface area contributed by atoms with Crippen molar-refractivity contribution in [1.82, 2.24) is 9.55 Å². The van der Waals surface area contributed by atoms with Crippen LogP contribution < -0.4 is 11.2 Å². The smallest absolute Gasteiger partial charge is 0.330 e. The number of rotatable bonds is 1. The van der Waals surface area contributed by atoms with Crippen LogP contribution in [0.5, 0.6) is 0 Å². The van der Waals surface area contributed by atoms with Crippen molar-refractivity contribution < 1.29 is 9.84 Å². The van der Waals surface area contributed by atoms with Gasteiger partial charge < -0.3 is 9.84 Å². The molecule has 4 atom stereocenters. The first-order valence-electron chi connectivity index (χ1n) is 6.22. The third kappa shape index (κ3) is 1.72. The summed E-state index contributed by atoms with van der Waals surface area (Å²) >= 11 is 0. The van der Waals surface area contributed by atoms with E-state index in [9.17, 15) is 14.7 Å². The predicted octanol–water partition coefficient (Wildman–Crippen LogP) is -0.0966. The second-order valence-electron chi connectivity index (χ2n) is 5.17. The summed E-state index contributed by atoms with van der Waals surface area (Å²) in [5.74, 6) is 0.309. The molecule has 98 valence electrons. The summed E-state index contributed by atoms with van der Waals surface area (Å²) in [6.45, 7) is 1.65. The Morgan fingerprint density at radius 1 is 1.44 bits per heavy atom. The Balaban J connectivity index is 1.92. The van der Waals surface area contributed by atoms with Gasteiger partial charge in [0, 0.05) is 11.8 Å². The normalized spacial score (nSPS) is 34.8. The van der Waals surface area contributed by atoms with Gasteiger partial charge in [-0.1, -0.05) is 0 Å². The third-order valence-corrected chi connectivity index (χ3v) is 3.95. The minimum Gasteiger partial charge on any atom is -0.390 e. The average molecular weight is 252 g/mol. The first-order chi connectivity index (χ1) is 8.56. The molecule has 0 amide bonds. The van der Waals surface area contributed by atoms with E-state index in [-0.39, 0.29) is 17.9 Å². The van der Waals surface area contributed by atoms with Crippen LogP contribution in [-0.2, 0) is 4.74 Å². The van der Waals surface area contributed by atoms with Crippen molar-refractivity contribution in [3.05, 3.63) is 32.6 Å². The van der Waals surface area contributed by atoms with Crippen LogP contribution in [0.3, 0.4) is 0 Å². The number of aliphatic hydroxyl groups is 1. The number of hydrogen-bond donors (Lipinski definition) is 2. The zero-order valence-corrected chi connectivity index (χ0v) is 10.1. The molecule has 1 aliphatic heterocycles. The number of aliphatic hydroxyl groups excluding tert-OH is 1. The predicted molar refractivity (Wildman–Crippen MR) is 63.3 cm³/mol. The standard InChI is InChI=1S/C12H16N2O4/c1-6-5-14(12(17)13-11(6)16)9-4-7-2-3-8(15)10(7)18-9/h5,7-10,15H,2-4H2,1H3,(H,13,16,17)/t7-,8-,9+,10+/m1/s1. The van der Waals surface area contributed by atoms with Gasteiger partial charge in [0.15, 0.2) is 0 Å². The molecule has 3 rings (SSSR count). The van der Waals surface area contributed by atoms with E-state index >= 15 is 0 Å². The van der Waals surface area contributed by atoms with E-state index in [2.05, 4.69) is 4.98 Å². The maximum Gasteiger partial charge on any atom is 0.330 e. The molecule has 0 spiro atoms. The first-order valence-corrected chi connectivity index (χ1v) is 6.22. The van der Waals surface area contributed by atoms with E-state index in [1.807, 2.05) is 0 Å². The van der Waals surface area contributed by atoms with Crippen LogP contribution >= 0.6 is 0 Å². The highest BCUT2D eigenvalue weighted by Gasteiger charge is 2.44. The molecule has 2 aliphatic rings. The van der Waals surface area contributed by atoms with Gasteiger partial charge in [-0.25, -0.2) is 4.79 Å². The molecule has 0 bridgehead atoms. The van der Waals surface area contributed by atoms with Gasteiger partial charge in [-0.2, -0.15) is 0 Å². The van der Waals surface area contributed by atoms with Crippen LogP contribution in [0.2, 0.25) is 0 Å². The largest absolute Gasteiger partial charge is 0.390 e. The third-order valence-electron chi connectivity index (χ3n) is 3.95. The van der Waals surface area contributed by atoms with Crippen LogP contribution in [0.4, 0.5) is 0 Å². The molecule has 0 unspecified atom stereocenters. The second-order valence-corrected chi connectivity index (χ2v) is 5.17. The number of aryl methyl sites for hydroxylation is 1. The summed E-state index contributed by atoms with van der Waals surface area (Å²) in [6.07, 6.45) is 2.96. The number of aromatic nitrogens is 2. The number of H-pyrrole nitrogens is 1. The topological polar surface area (TPSA) is 84.3 Å².